The van der Waals surface area contributed by atoms with Gasteiger partial charge in [0.2, 0.25) is 0 Å². The van der Waals surface area contributed by atoms with Crippen LogP contribution in [0.3, 0.4) is 0 Å². The van der Waals surface area contributed by atoms with Gasteiger partial charge in [-0.15, -0.1) is 0 Å². The van der Waals surface area contributed by atoms with Gasteiger partial charge in [-0.05, 0) is 62.4 Å². The lowest BCUT2D eigenvalue weighted by atomic mass is 9.83. The van der Waals surface area contributed by atoms with Crippen molar-refractivity contribution in [2.45, 2.75) is 65.5 Å². The summed E-state index contributed by atoms with van der Waals surface area (Å²) in [4.78, 5) is 17.5. The fraction of sp³-hybridized carbons (Fsp3) is 0.357. The van der Waals surface area contributed by atoms with Crippen molar-refractivity contribution in [1.82, 2.24) is 10.3 Å². The molecule has 0 atom stereocenters. The Bertz CT molecular complexity index is 1170. The number of ether oxygens (including phenoxy) is 1. The first-order valence-corrected chi connectivity index (χ1v) is 11.7. The standard InChI is InChI=1S/C28H32N2O3/c1-5-6-7-10-20-15-23-25(21-14-18(2)11-12-22(21)28(3,4)33-23)26(31)24(20)27(32)30-17-19-9-8-13-29-16-19/h8-9,11-16,31H,5-7,10,17H2,1-4H3,(H,30,32). The molecule has 1 aliphatic heterocycles. The molecule has 5 heteroatoms. The Labute approximate surface area is 195 Å². The molecule has 0 saturated heterocycles. The Morgan fingerprint density at radius 3 is 2.73 bits per heavy atom. The first kappa shape index (κ1) is 22.8. The zero-order valence-corrected chi connectivity index (χ0v) is 19.9. The molecule has 172 valence electrons. The number of amides is 1. The van der Waals surface area contributed by atoms with Crippen LogP contribution >= 0.6 is 0 Å². The fourth-order valence-electron chi connectivity index (χ4n) is 4.55. The number of benzene rings is 2. The van der Waals surface area contributed by atoms with Crippen LogP contribution in [-0.4, -0.2) is 16.0 Å². The van der Waals surface area contributed by atoms with Crippen molar-refractivity contribution in [3.63, 3.8) is 0 Å². The number of nitrogens with zero attached hydrogens (tertiary/aromatic N) is 1. The molecule has 0 aliphatic carbocycles. The summed E-state index contributed by atoms with van der Waals surface area (Å²) in [5, 5.41) is 14.5. The van der Waals surface area contributed by atoms with Crippen LogP contribution in [0.2, 0.25) is 0 Å². The molecule has 1 amide bonds. The number of pyridine rings is 1. The highest BCUT2D eigenvalue weighted by atomic mass is 16.5. The third kappa shape index (κ3) is 4.58. The summed E-state index contributed by atoms with van der Waals surface area (Å²) in [6.07, 6.45) is 7.21. The molecule has 0 fully saturated rings. The largest absolute Gasteiger partial charge is 0.506 e. The Morgan fingerprint density at radius 2 is 2.00 bits per heavy atom. The van der Waals surface area contributed by atoms with Gasteiger partial charge in [-0.1, -0.05) is 49.6 Å². The van der Waals surface area contributed by atoms with Crippen molar-refractivity contribution < 1.29 is 14.6 Å². The smallest absolute Gasteiger partial charge is 0.255 e. The van der Waals surface area contributed by atoms with E-state index < -0.39 is 5.60 Å². The van der Waals surface area contributed by atoms with Crippen LogP contribution in [0, 0.1) is 6.92 Å². The van der Waals surface area contributed by atoms with E-state index in [1.165, 1.54) is 0 Å². The van der Waals surface area contributed by atoms with Gasteiger partial charge in [0, 0.05) is 24.5 Å². The Morgan fingerprint density at radius 1 is 1.18 bits per heavy atom. The number of fused-ring (bicyclic) bond motifs is 3. The molecule has 5 nitrogen and oxygen atoms in total. The number of aryl methyl sites for hydroxylation is 2. The number of carbonyl (C=O) groups is 1. The predicted molar refractivity (Wildman–Crippen MR) is 131 cm³/mol. The average molecular weight is 445 g/mol. The summed E-state index contributed by atoms with van der Waals surface area (Å²) in [5.74, 6) is 0.334. The molecule has 2 aromatic carbocycles. The minimum Gasteiger partial charge on any atom is -0.506 e. The monoisotopic (exact) mass is 444 g/mol. The van der Waals surface area contributed by atoms with Crippen molar-refractivity contribution in [3.05, 3.63) is 76.6 Å². The molecule has 0 spiro atoms. The van der Waals surface area contributed by atoms with Gasteiger partial charge in [0.05, 0.1) is 11.1 Å². The van der Waals surface area contributed by atoms with Gasteiger partial charge < -0.3 is 15.2 Å². The maximum Gasteiger partial charge on any atom is 0.255 e. The highest BCUT2D eigenvalue weighted by molar-refractivity contribution is 6.02. The van der Waals surface area contributed by atoms with Crippen molar-refractivity contribution in [2.24, 2.45) is 0 Å². The molecule has 4 rings (SSSR count). The topological polar surface area (TPSA) is 71.5 Å². The van der Waals surface area contributed by atoms with Gasteiger partial charge in [0.25, 0.3) is 5.91 Å². The van der Waals surface area contributed by atoms with Gasteiger partial charge in [0.1, 0.15) is 17.1 Å². The maximum atomic E-state index is 13.4. The molecular formula is C28H32N2O3. The van der Waals surface area contributed by atoms with E-state index in [4.69, 9.17) is 4.74 Å². The van der Waals surface area contributed by atoms with Crippen LogP contribution in [0.5, 0.6) is 11.5 Å². The van der Waals surface area contributed by atoms with E-state index in [1.54, 1.807) is 12.4 Å². The van der Waals surface area contributed by atoms with Crippen LogP contribution in [0.25, 0.3) is 11.1 Å². The molecule has 1 aliphatic rings. The molecule has 33 heavy (non-hydrogen) atoms. The van der Waals surface area contributed by atoms with Gasteiger partial charge in [-0.2, -0.15) is 0 Å². The van der Waals surface area contributed by atoms with Gasteiger partial charge >= 0.3 is 0 Å². The summed E-state index contributed by atoms with van der Waals surface area (Å²) in [7, 11) is 0. The van der Waals surface area contributed by atoms with Crippen LogP contribution < -0.4 is 10.1 Å². The number of hydrogen-bond acceptors (Lipinski definition) is 4. The van der Waals surface area contributed by atoms with Crippen LogP contribution in [0.4, 0.5) is 0 Å². The Hall–Kier alpha value is -3.34. The number of phenols is 1. The van der Waals surface area contributed by atoms with Crippen LogP contribution in [0.15, 0.2) is 48.8 Å². The number of aromatic hydroxyl groups is 1. The molecule has 0 unspecified atom stereocenters. The van der Waals surface area contributed by atoms with Crippen molar-refractivity contribution >= 4 is 5.91 Å². The number of aromatic nitrogens is 1. The SMILES string of the molecule is CCCCCc1cc2c(c(O)c1C(=O)NCc1cccnc1)-c1cc(C)ccc1C(C)(C)O2. The normalized spacial score (nSPS) is 13.6. The van der Waals surface area contributed by atoms with E-state index in [9.17, 15) is 9.90 Å². The maximum absolute atomic E-state index is 13.4. The first-order chi connectivity index (χ1) is 15.8. The minimum atomic E-state index is -0.534. The van der Waals surface area contributed by atoms with Crippen molar-refractivity contribution in [3.8, 4) is 22.6 Å². The number of unbranched alkanes of at least 4 members (excludes halogenated alkanes) is 2. The molecule has 3 aromatic rings. The van der Waals surface area contributed by atoms with Crippen LogP contribution in [-0.2, 0) is 18.6 Å². The second kappa shape index (κ2) is 9.26. The molecule has 2 N–H and O–H groups in total. The van der Waals surface area contributed by atoms with Gasteiger partial charge in [-0.25, -0.2) is 0 Å². The highest BCUT2D eigenvalue weighted by Gasteiger charge is 2.36. The Balaban J connectivity index is 1.80. The van der Waals surface area contributed by atoms with E-state index in [0.717, 1.165) is 47.1 Å². The summed E-state index contributed by atoms with van der Waals surface area (Å²) in [6.45, 7) is 8.59. The van der Waals surface area contributed by atoms with Gasteiger partial charge in [-0.3, -0.25) is 9.78 Å². The Kier molecular flexibility index (Phi) is 6.41. The zero-order chi connectivity index (χ0) is 23.6. The third-order valence-electron chi connectivity index (χ3n) is 6.26. The predicted octanol–water partition coefficient (Wildman–Crippen LogP) is 6.05. The summed E-state index contributed by atoms with van der Waals surface area (Å²) in [6, 6.07) is 11.9. The lowest BCUT2D eigenvalue weighted by Crippen LogP contribution is -2.30. The molecule has 2 heterocycles. The quantitative estimate of drug-likeness (QED) is 0.435. The average Bonchev–Trinajstić information content (AvgIpc) is 2.77. The van der Waals surface area contributed by atoms with E-state index in [1.807, 2.05) is 51.1 Å². The second-order valence-electron chi connectivity index (χ2n) is 9.29. The first-order valence-electron chi connectivity index (χ1n) is 11.7. The number of nitrogens with one attached hydrogen (secondary N) is 1. The number of hydrogen-bond donors (Lipinski definition) is 2. The van der Waals surface area contributed by atoms with E-state index in [0.29, 0.717) is 29.8 Å². The third-order valence-corrected chi connectivity index (χ3v) is 6.26. The zero-order valence-electron chi connectivity index (χ0n) is 19.9. The highest BCUT2D eigenvalue weighted by Crippen LogP contribution is 2.51. The fourth-order valence-corrected chi connectivity index (χ4v) is 4.55. The minimum absolute atomic E-state index is 0.00923. The molecular weight excluding hydrogens is 412 g/mol. The molecule has 0 saturated carbocycles. The van der Waals surface area contributed by atoms with Crippen molar-refractivity contribution in [2.75, 3.05) is 0 Å². The number of carbonyl (C=O) groups excluding carboxylic acids is 1. The summed E-state index contributed by atoms with van der Waals surface area (Å²) in [5.41, 5.74) is 5.12. The molecule has 0 radical (unpaired) electrons. The molecule has 1 aromatic heterocycles. The van der Waals surface area contributed by atoms with Crippen LogP contribution in [0.1, 0.15) is 72.6 Å². The van der Waals surface area contributed by atoms with E-state index in [2.05, 4.69) is 23.3 Å². The van der Waals surface area contributed by atoms with Gasteiger partial charge in [0.15, 0.2) is 0 Å². The summed E-state index contributed by atoms with van der Waals surface area (Å²) >= 11 is 0. The lowest BCUT2D eigenvalue weighted by Gasteiger charge is -2.36. The number of rotatable bonds is 7. The summed E-state index contributed by atoms with van der Waals surface area (Å²) < 4.78 is 6.38. The van der Waals surface area contributed by atoms with Crippen molar-refractivity contribution in [1.29, 1.82) is 0 Å². The number of phenolic OH excluding ortho intramolecular Hbond substituents is 1. The lowest BCUT2D eigenvalue weighted by molar-refractivity contribution is 0.0945. The van der Waals surface area contributed by atoms with E-state index in [-0.39, 0.29) is 11.7 Å². The van der Waals surface area contributed by atoms with E-state index >= 15 is 0 Å². The second-order valence-corrected chi connectivity index (χ2v) is 9.29. The molecule has 0 bridgehead atoms.